The lowest BCUT2D eigenvalue weighted by Crippen LogP contribution is -2.50. The van der Waals surface area contributed by atoms with Gasteiger partial charge in [-0.25, -0.2) is 0 Å². The van der Waals surface area contributed by atoms with E-state index < -0.39 is 11.8 Å². The van der Waals surface area contributed by atoms with Gasteiger partial charge in [-0.3, -0.25) is 25.2 Å². The molecule has 9 nitrogen and oxygen atoms in total. The molecule has 29 heavy (non-hydrogen) atoms. The first-order valence-corrected chi connectivity index (χ1v) is 9.18. The zero-order chi connectivity index (χ0) is 20.8. The van der Waals surface area contributed by atoms with Crippen LogP contribution in [0.15, 0.2) is 41.0 Å². The van der Waals surface area contributed by atoms with Gasteiger partial charge in [0.1, 0.15) is 0 Å². The number of methoxy groups -OCH3 is 2. The summed E-state index contributed by atoms with van der Waals surface area (Å²) in [5, 5.41) is 0. The minimum absolute atomic E-state index is 0.243. The molecule has 0 spiro atoms. The van der Waals surface area contributed by atoms with Crippen LogP contribution in [0.1, 0.15) is 33.8 Å². The number of nitrogens with one attached hydrogen (secondary N) is 2. The van der Waals surface area contributed by atoms with Crippen LogP contribution in [0.5, 0.6) is 11.5 Å². The molecule has 1 aliphatic heterocycles. The summed E-state index contributed by atoms with van der Waals surface area (Å²) in [5.74, 6) is -0.361. The van der Waals surface area contributed by atoms with Crippen molar-refractivity contribution in [3.63, 3.8) is 0 Å². The number of carbonyl (C=O) groups excluding carboxylic acids is 3. The average Bonchev–Trinajstić information content (AvgIpc) is 3.31. The summed E-state index contributed by atoms with van der Waals surface area (Å²) in [6.07, 6.45) is 2.75. The number of benzene rings is 1. The number of hydrogen-bond donors (Lipinski definition) is 2. The molecule has 0 aliphatic carbocycles. The van der Waals surface area contributed by atoms with Crippen molar-refractivity contribution in [3.8, 4) is 11.5 Å². The molecule has 2 aromatic rings. The van der Waals surface area contributed by atoms with Crippen LogP contribution in [0, 0.1) is 5.92 Å². The van der Waals surface area contributed by atoms with Gasteiger partial charge in [0.2, 0.25) is 5.91 Å². The lowest BCUT2D eigenvalue weighted by molar-refractivity contribution is -0.127. The number of likely N-dealkylation sites (tertiary alicyclic amines) is 1. The fraction of sp³-hybridized carbons (Fsp3) is 0.350. The van der Waals surface area contributed by atoms with Gasteiger partial charge >= 0.3 is 0 Å². The van der Waals surface area contributed by atoms with Crippen molar-refractivity contribution in [1.82, 2.24) is 15.8 Å². The number of piperidine rings is 1. The second-order valence-corrected chi connectivity index (χ2v) is 6.58. The lowest BCUT2D eigenvalue weighted by atomic mass is 9.97. The predicted molar refractivity (Wildman–Crippen MR) is 102 cm³/mol. The maximum Gasteiger partial charge on any atom is 0.289 e. The Labute approximate surface area is 167 Å². The highest BCUT2D eigenvalue weighted by atomic mass is 16.5. The van der Waals surface area contributed by atoms with E-state index in [1.807, 2.05) is 0 Å². The Morgan fingerprint density at radius 3 is 2.59 bits per heavy atom. The molecule has 9 heteroatoms. The monoisotopic (exact) mass is 401 g/mol. The van der Waals surface area contributed by atoms with E-state index in [0.717, 1.165) is 0 Å². The summed E-state index contributed by atoms with van der Waals surface area (Å²) in [5.41, 5.74) is 5.15. The van der Waals surface area contributed by atoms with Gasteiger partial charge < -0.3 is 18.8 Å². The Morgan fingerprint density at radius 2 is 1.90 bits per heavy atom. The number of hydrogen-bond acceptors (Lipinski definition) is 6. The van der Waals surface area contributed by atoms with Crippen molar-refractivity contribution in [2.45, 2.75) is 12.8 Å². The van der Waals surface area contributed by atoms with E-state index in [1.165, 1.54) is 26.5 Å². The van der Waals surface area contributed by atoms with Crippen LogP contribution < -0.4 is 20.3 Å². The van der Waals surface area contributed by atoms with Gasteiger partial charge in [-0.05, 0) is 43.2 Å². The standard InChI is InChI=1S/C20H23N3O6/c1-27-15-8-7-13(11-17(15)28-2)18(24)21-22-19(25)14-5-3-9-23(12-14)20(26)16-6-4-10-29-16/h4,6-8,10-11,14H,3,5,9,12H2,1-2H3,(H,21,24)(H,22,25)/t14-/m0/s1. The number of nitrogens with zero attached hydrogens (tertiary/aromatic N) is 1. The third-order valence-corrected chi connectivity index (χ3v) is 4.76. The molecule has 0 saturated carbocycles. The Kier molecular flexibility index (Phi) is 6.38. The molecule has 1 aromatic carbocycles. The van der Waals surface area contributed by atoms with Crippen LogP contribution in [0.4, 0.5) is 0 Å². The maximum absolute atomic E-state index is 12.5. The second kappa shape index (κ2) is 9.13. The van der Waals surface area contributed by atoms with Crippen LogP contribution in [0.3, 0.4) is 0 Å². The van der Waals surface area contributed by atoms with Gasteiger partial charge in [0.15, 0.2) is 17.3 Å². The normalized spacial score (nSPS) is 16.1. The summed E-state index contributed by atoms with van der Waals surface area (Å²) < 4.78 is 15.5. The third kappa shape index (κ3) is 4.68. The summed E-state index contributed by atoms with van der Waals surface area (Å²) >= 11 is 0. The number of hydrazine groups is 1. The van der Waals surface area contributed by atoms with Crippen LogP contribution in [-0.2, 0) is 4.79 Å². The van der Waals surface area contributed by atoms with Gasteiger partial charge in [-0.15, -0.1) is 0 Å². The topological polar surface area (TPSA) is 110 Å². The summed E-state index contributed by atoms with van der Waals surface area (Å²) in [6, 6.07) is 7.92. The number of rotatable bonds is 5. The molecule has 3 rings (SSSR count). The molecule has 154 valence electrons. The van der Waals surface area contributed by atoms with Gasteiger partial charge in [-0.2, -0.15) is 0 Å². The molecule has 1 saturated heterocycles. The van der Waals surface area contributed by atoms with E-state index in [1.54, 1.807) is 29.2 Å². The molecular weight excluding hydrogens is 378 g/mol. The molecule has 2 N–H and O–H groups in total. The van der Waals surface area contributed by atoms with Crippen LogP contribution in [0.2, 0.25) is 0 Å². The quantitative estimate of drug-likeness (QED) is 0.737. The lowest BCUT2D eigenvalue weighted by Gasteiger charge is -2.31. The van der Waals surface area contributed by atoms with E-state index in [0.29, 0.717) is 36.4 Å². The molecular formula is C20H23N3O6. The first kappa shape index (κ1) is 20.2. The fourth-order valence-electron chi connectivity index (χ4n) is 3.20. The third-order valence-electron chi connectivity index (χ3n) is 4.76. The molecule has 1 fully saturated rings. The van der Waals surface area contributed by atoms with Crippen molar-refractivity contribution in [3.05, 3.63) is 47.9 Å². The molecule has 0 bridgehead atoms. The maximum atomic E-state index is 12.5. The SMILES string of the molecule is COc1ccc(C(=O)NNC(=O)[C@H]2CCCN(C(=O)c3ccco3)C2)cc1OC. The summed E-state index contributed by atoms with van der Waals surface area (Å²) in [6.45, 7) is 0.818. The minimum atomic E-state index is -0.487. The molecule has 2 heterocycles. The van der Waals surface area contributed by atoms with E-state index in [-0.39, 0.29) is 24.1 Å². The number of furan rings is 1. The van der Waals surface area contributed by atoms with Crippen molar-refractivity contribution in [1.29, 1.82) is 0 Å². The van der Waals surface area contributed by atoms with E-state index in [2.05, 4.69) is 10.9 Å². The second-order valence-electron chi connectivity index (χ2n) is 6.58. The van der Waals surface area contributed by atoms with Crippen LogP contribution in [-0.4, -0.2) is 49.9 Å². The highest BCUT2D eigenvalue weighted by Gasteiger charge is 2.30. The Hall–Kier alpha value is -3.49. The van der Waals surface area contributed by atoms with Gasteiger partial charge in [0.25, 0.3) is 11.8 Å². The minimum Gasteiger partial charge on any atom is -0.493 e. The zero-order valence-corrected chi connectivity index (χ0v) is 16.3. The van der Waals surface area contributed by atoms with Gasteiger partial charge in [0, 0.05) is 18.7 Å². The van der Waals surface area contributed by atoms with Crippen LogP contribution in [0.25, 0.3) is 0 Å². The van der Waals surface area contributed by atoms with Gasteiger partial charge in [-0.1, -0.05) is 0 Å². The molecule has 3 amide bonds. The van der Waals surface area contributed by atoms with E-state index in [4.69, 9.17) is 13.9 Å². The summed E-state index contributed by atoms with van der Waals surface area (Å²) in [7, 11) is 2.97. The smallest absolute Gasteiger partial charge is 0.289 e. The predicted octanol–water partition coefficient (Wildman–Crippen LogP) is 1.61. The molecule has 0 radical (unpaired) electrons. The Morgan fingerprint density at radius 1 is 1.10 bits per heavy atom. The van der Waals surface area contributed by atoms with E-state index >= 15 is 0 Å². The first-order valence-electron chi connectivity index (χ1n) is 9.18. The van der Waals surface area contributed by atoms with Gasteiger partial charge in [0.05, 0.1) is 26.4 Å². The first-order chi connectivity index (χ1) is 14.0. The molecule has 0 unspecified atom stereocenters. The Balaban J connectivity index is 1.56. The summed E-state index contributed by atoms with van der Waals surface area (Å²) in [4.78, 5) is 38.8. The average molecular weight is 401 g/mol. The van der Waals surface area contributed by atoms with E-state index in [9.17, 15) is 14.4 Å². The van der Waals surface area contributed by atoms with Crippen molar-refractivity contribution >= 4 is 17.7 Å². The highest BCUT2D eigenvalue weighted by Crippen LogP contribution is 2.27. The fourth-order valence-corrected chi connectivity index (χ4v) is 3.20. The van der Waals surface area contributed by atoms with Crippen molar-refractivity contribution in [2.24, 2.45) is 5.92 Å². The largest absolute Gasteiger partial charge is 0.493 e. The van der Waals surface area contributed by atoms with Crippen molar-refractivity contribution < 1.29 is 28.3 Å². The number of carbonyl (C=O) groups is 3. The Bertz CT molecular complexity index is 880. The molecule has 1 atom stereocenters. The number of amides is 3. The molecule has 1 aromatic heterocycles. The highest BCUT2D eigenvalue weighted by molar-refractivity contribution is 5.96. The van der Waals surface area contributed by atoms with Crippen molar-refractivity contribution in [2.75, 3.05) is 27.3 Å². The zero-order valence-electron chi connectivity index (χ0n) is 16.3. The molecule has 1 aliphatic rings. The number of ether oxygens (including phenoxy) is 2. The van der Waals surface area contributed by atoms with Crippen LogP contribution >= 0.6 is 0 Å².